The van der Waals surface area contributed by atoms with Crippen LogP contribution in [0.3, 0.4) is 0 Å². The van der Waals surface area contributed by atoms with Crippen LogP contribution in [0.2, 0.25) is 0 Å². The fourth-order valence-electron chi connectivity index (χ4n) is 4.62. The van der Waals surface area contributed by atoms with Gasteiger partial charge in [-0.05, 0) is 68.5 Å². The van der Waals surface area contributed by atoms with Crippen LogP contribution in [-0.4, -0.2) is 39.9 Å². The van der Waals surface area contributed by atoms with E-state index < -0.39 is 0 Å². The second-order valence-electron chi connectivity index (χ2n) is 9.67. The Hall–Kier alpha value is -3.19. The van der Waals surface area contributed by atoms with Gasteiger partial charge in [-0.15, -0.1) is 0 Å². The van der Waals surface area contributed by atoms with E-state index >= 15 is 0 Å². The maximum atomic E-state index is 11.6. The first-order valence-electron chi connectivity index (χ1n) is 11.2. The van der Waals surface area contributed by atoms with Gasteiger partial charge in [0.2, 0.25) is 5.88 Å². The number of benzene rings is 1. The highest BCUT2D eigenvalue weighted by atomic mass is 16.5. The Bertz CT molecular complexity index is 1190. The molecule has 1 aromatic carbocycles. The topological polar surface area (TPSA) is 83.1 Å². The van der Waals surface area contributed by atoms with Gasteiger partial charge in [-0.1, -0.05) is 12.1 Å². The molecule has 0 bridgehead atoms. The number of piperidine rings is 1. The predicted octanol–water partition coefficient (Wildman–Crippen LogP) is 3.75. The van der Waals surface area contributed by atoms with E-state index in [4.69, 9.17) is 9.72 Å². The summed E-state index contributed by atoms with van der Waals surface area (Å²) >= 11 is 0. The lowest BCUT2D eigenvalue weighted by molar-refractivity contribution is 0.289. The van der Waals surface area contributed by atoms with E-state index in [1.54, 1.807) is 12.3 Å². The van der Waals surface area contributed by atoms with Gasteiger partial charge in [0.25, 0.3) is 5.56 Å². The van der Waals surface area contributed by atoms with E-state index in [-0.39, 0.29) is 11.1 Å². The van der Waals surface area contributed by atoms with Gasteiger partial charge in [-0.3, -0.25) is 4.79 Å². The second kappa shape index (κ2) is 8.06. The smallest absolute Gasteiger partial charge is 0.264 e. The molecule has 166 valence electrons. The van der Waals surface area contributed by atoms with E-state index in [1.807, 2.05) is 6.07 Å². The van der Waals surface area contributed by atoms with E-state index in [0.29, 0.717) is 18.5 Å². The molecule has 4 heterocycles. The molecule has 1 fully saturated rings. The van der Waals surface area contributed by atoms with Gasteiger partial charge in [-0.25, -0.2) is 5.10 Å². The number of pyridine rings is 1. The minimum atomic E-state index is -0.211. The number of fused-ring (bicyclic) bond motifs is 3. The zero-order valence-electron chi connectivity index (χ0n) is 18.8. The lowest BCUT2D eigenvalue weighted by atomic mass is 9.95. The van der Waals surface area contributed by atoms with Crippen molar-refractivity contribution >= 4 is 5.82 Å². The Morgan fingerprint density at radius 3 is 2.59 bits per heavy atom. The Morgan fingerprint density at radius 2 is 1.84 bits per heavy atom. The van der Waals surface area contributed by atoms with Gasteiger partial charge in [0, 0.05) is 41.9 Å². The van der Waals surface area contributed by atoms with Crippen LogP contribution in [0.15, 0.2) is 47.4 Å². The molecule has 2 aliphatic rings. The molecular formula is C25H29N5O2. The minimum Gasteiger partial charge on any atom is -0.472 e. The molecule has 0 radical (unpaired) electrons. The number of nitrogens with zero attached hydrogens (tertiary/aromatic N) is 3. The molecule has 0 spiro atoms. The van der Waals surface area contributed by atoms with Crippen molar-refractivity contribution in [3.8, 4) is 28.1 Å². The van der Waals surface area contributed by atoms with E-state index in [1.165, 1.54) is 0 Å². The quantitative estimate of drug-likeness (QED) is 0.657. The van der Waals surface area contributed by atoms with Crippen LogP contribution in [0.25, 0.3) is 22.3 Å². The summed E-state index contributed by atoms with van der Waals surface area (Å²) in [5.74, 6) is 1.67. The molecule has 0 unspecified atom stereocenters. The first kappa shape index (κ1) is 20.7. The SMILES string of the molecule is CC(C)(C)NC1CCN(c2ccc3c(n2)OCc2cc(-c4cn[nH]c(=O)c4)ccc2-3)CC1. The second-order valence-corrected chi connectivity index (χ2v) is 9.67. The van der Waals surface area contributed by atoms with Gasteiger partial charge < -0.3 is 15.0 Å². The summed E-state index contributed by atoms with van der Waals surface area (Å²) in [6.07, 6.45) is 3.88. The van der Waals surface area contributed by atoms with Crippen LogP contribution in [0.1, 0.15) is 39.2 Å². The van der Waals surface area contributed by atoms with Crippen LogP contribution < -0.4 is 20.5 Å². The minimum absolute atomic E-state index is 0.144. The summed E-state index contributed by atoms with van der Waals surface area (Å²) in [5, 5.41) is 10.0. The average Bonchev–Trinajstić information content (AvgIpc) is 2.77. The molecule has 7 nitrogen and oxygen atoms in total. The summed E-state index contributed by atoms with van der Waals surface area (Å²) in [5.41, 5.74) is 4.89. The molecule has 7 heteroatoms. The van der Waals surface area contributed by atoms with Crippen molar-refractivity contribution in [2.45, 2.75) is 51.8 Å². The van der Waals surface area contributed by atoms with Crippen LogP contribution in [0.4, 0.5) is 5.82 Å². The van der Waals surface area contributed by atoms with Crippen molar-refractivity contribution in [3.63, 3.8) is 0 Å². The summed E-state index contributed by atoms with van der Waals surface area (Å²) in [4.78, 5) is 18.8. The standard InChI is InChI=1S/C25H29N5O2/c1-25(2,3)28-19-8-10-30(11-9-19)22-7-6-21-20-5-4-16(17-13-23(31)29-26-14-17)12-18(20)15-32-24(21)27-22/h4-7,12-14,19,28H,8-11,15H2,1-3H3,(H,29,31). The molecule has 0 atom stereocenters. The van der Waals surface area contributed by atoms with E-state index in [9.17, 15) is 4.79 Å². The monoisotopic (exact) mass is 431 g/mol. The van der Waals surface area contributed by atoms with Crippen LogP contribution in [0, 0.1) is 0 Å². The molecule has 2 aromatic heterocycles. The maximum absolute atomic E-state index is 11.6. The molecule has 0 amide bonds. The third-order valence-electron chi connectivity index (χ3n) is 6.06. The fraction of sp³-hybridized carbons (Fsp3) is 0.400. The third-order valence-corrected chi connectivity index (χ3v) is 6.06. The number of aromatic nitrogens is 3. The zero-order chi connectivity index (χ0) is 22.3. The predicted molar refractivity (Wildman–Crippen MR) is 126 cm³/mol. The number of aromatic amines is 1. The summed E-state index contributed by atoms with van der Waals surface area (Å²) < 4.78 is 6.05. The molecule has 2 N–H and O–H groups in total. The van der Waals surface area contributed by atoms with Crippen molar-refractivity contribution in [3.05, 3.63) is 58.5 Å². The lowest BCUT2D eigenvalue weighted by Crippen LogP contribution is -2.49. The van der Waals surface area contributed by atoms with Gasteiger partial charge in [0.1, 0.15) is 12.4 Å². The normalized spacial score (nSPS) is 16.3. The summed E-state index contributed by atoms with van der Waals surface area (Å²) in [6, 6.07) is 12.5. The van der Waals surface area contributed by atoms with Gasteiger partial charge in [-0.2, -0.15) is 10.1 Å². The van der Waals surface area contributed by atoms with Crippen LogP contribution >= 0.6 is 0 Å². The molecule has 0 aliphatic carbocycles. The Labute approximate surface area is 187 Å². The molecule has 3 aromatic rings. The number of hydrogen-bond acceptors (Lipinski definition) is 6. The van der Waals surface area contributed by atoms with Gasteiger partial charge in [0.15, 0.2) is 0 Å². The van der Waals surface area contributed by atoms with Crippen molar-refractivity contribution in [2.75, 3.05) is 18.0 Å². The third kappa shape index (κ3) is 4.25. The highest BCUT2D eigenvalue weighted by molar-refractivity contribution is 5.78. The largest absolute Gasteiger partial charge is 0.472 e. The number of ether oxygens (including phenoxy) is 1. The molecule has 32 heavy (non-hydrogen) atoms. The van der Waals surface area contributed by atoms with Crippen molar-refractivity contribution in [1.29, 1.82) is 0 Å². The highest BCUT2D eigenvalue weighted by Crippen LogP contribution is 2.39. The molecular weight excluding hydrogens is 402 g/mol. The van der Waals surface area contributed by atoms with Crippen LogP contribution in [0.5, 0.6) is 5.88 Å². The Balaban J connectivity index is 1.35. The van der Waals surface area contributed by atoms with Crippen molar-refractivity contribution in [2.24, 2.45) is 0 Å². The van der Waals surface area contributed by atoms with Crippen molar-refractivity contribution in [1.82, 2.24) is 20.5 Å². The van der Waals surface area contributed by atoms with E-state index in [2.05, 4.69) is 65.5 Å². The van der Waals surface area contributed by atoms with Gasteiger partial charge >= 0.3 is 0 Å². The molecule has 1 saturated heterocycles. The van der Waals surface area contributed by atoms with Crippen molar-refractivity contribution < 1.29 is 4.74 Å². The number of hydrogen-bond donors (Lipinski definition) is 2. The number of nitrogens with one attached hydrogen (secondary N) is 2. The maximum Gasteiger partial charge on any atom is 0.264 e. The number of H-pyrrole nitrogens is 1. The highest BCUT2D eigenvalue weighted by Gasteiger charge is 2.25. The fourth-order valence-corrected chi connectivity index (χ4v) is 4.62. The Morgan fingerprint density at radius 1 is 1.06 bits per heavy atom. The zero-order valence-corrected chi connectivity index (χ0v) is 18.8. The summed E-state index contributed by atoms with van der Waals surface area (Å²) in [6.45, 7) is 9.10. The number of rotatable bonds is 3. The lowest BCUT2D eigenvalue weighted by Gasteiger charge is -2.37. The molecule has 5 rings (SSSR count). The first-order valence-corrected chi connectivity index (χ1v) is 11.2. The molecule has 0 saturated carbocycles. The van der Waals surface area contributed by atoms with Crippen LogP contribution in [-0.2, 0) is 6.61 Å². The first-order chi connectivity index (χ1) is 15.4. The Kier molecular flexibility index (Phi) is 5.21. The van der Waals surface area contributed by atoms with Gasteiger partial charge in [0.05, 0.1) is 6.20 Å². The molecule has 2 aliphatic heterocycles. The summed E-state index contributed by atoms with van der Waals surface area (Å²) in [7, 11) is 0. The number of anilines is 1. The average molecular weight is 432 g/mol. The van der Waals surface area contributed by atoms with E-state index in [0.717, 1.165) is 59.6 Å².